The van der Waals surface area contributed by atoms with Crippen LogP contribution in [-0.2, 0) is 16.0 Å². The van der Waals surface area contributed by atoms with Crippen molar-refractivity contribution < 1.29 is 14.0 Å². The van der Waals surface area contributed by atoms with Crippen LogP contribution in [0.5, 0.6) is 0 Å². The van der Waals surface area contributed by atoms with Crippen LogP contribution in [0.15, 0.2) is 48.5 Å². The number of piperazine rings is 1. The molecule has 0 radical (unpaired) electrons. The van der Waals surface area contributed by atoms with E-state index in [1.165, 1.54) is 12.1 Å². The quantitative estimate of drug-likeness (QED) is 0.835. The summed E-state index contributed by atoms with van der Waals surface area (Å²) in [5.74, 6) is -0.441. The molecule has 1 saturated heterocycles. The van der Waals surface area contributed by atoms with E-state index in [2.05, 4.69) is 5.32 Å². The Morgan fingerprint density at radius 3 is 2.79 bits per heavy atom. The molecule has 7 heteroatoms. The normalized spacial score (nSPS) is 19.2. The number of carbonyl (C=O) groups is 2. The van der Waals surface area contributed by atoms with Gasteiger partial charge >= 0.3 is 0 Å². The van der Waals surface area contributed by atoms with Gasteiger partial charge in [0.05, 0.1) is 6.04 Å². The van der Waals surface area contributed by atoms with Crippen LogP contribution >= 0.6 is 12.4 Å². The van der Waals surface area contributed by atoms with Crippen molar-refractivity contribution in [1.82, 2.24) is 10.2 Å². The average molecular weight is 418 g/mol. The number of para-hydroxylation sites is 1. The first-order valence-electron chi connectivity index (χ1n) is 9.77. The third-order valence-electron chi connectivity index (χ3n) is 5.51. The van der Waals surface area contributed by atoms with E-state index in [-0.39, 0.29) is 42.6 Å². The Morgan fingerprint density at radius 1 is 1.14 bits per heavy atom. The van der Waals surface area contributed by atoms with Crippen molar-refractivity contribution in [3.05, 3.63) is 65.5 Å². The van der Waals surface area contributed by atoms with Gasteiger partial charge in [0.1, 0.15) is 12.4 Å². The van der Waals surface area contributed by atoms with Gasteiger partial charge in [0.2, 0.25) is 11.8 Å². The van der Waals surface area contributed by atoms with Crippen LogP contribution in [0.25, 0.3) is 0 Å². The van der Waals surface area contributed by atoms with E-state index in [1.807, 2.05) is 30.3 Å². The van der Waals surface area contributed by atoms with E-state index in [0.29, 0.717) is 26.1 Å². The van der Waals surface area contributed by atoms with E-state index in [1.54, 1.807) is 15.9 Å². The lowest BCUT2D eigenvalue weighted by molar-refractivity contribution is -0.134. The Bertz CT molecular complexity index is 892. The number of carbonyl (C=O) groups excluding carboxylic acids is 2. The summed E-state index contributed by atoms with van der Waals surface area (Å²) in [6.07, 6.45) is 2.07. The number of nitrogens with one attached hydrogen (secondary N) is 1. The largest absolute Gasteiger partial charge is 0.332 e. The first-order chi connectivity index (χ1) is 13.6. The molecule has 0 aromatic heterocycles. The standard InChI is InChI=1S/C22H24FN3O2.ClH/c23-18-8-3-7-17(13-18)20-14-24-11-12-25(20)22(28)15-26-19-9-2-1-5-16(19)6-4-10-21(26)27;/h1-3,5,7-9,13,20,24H,4,6,10-12,14-15H2;1H. The molecule has 0 aliphatic carbocycles. The maximum Gasteiger partial charge on any atom is 0.243 e. The fourth-order valence-electron chi connectivity index (χ4n) is 4.10. The minimum atomic E-state index is -0.313. The molecule has 5 nitrogen and oxygen atoms in total. The number of fused-ring (bicyclic) bond motifs is 1. The van der Waals surface area contributed by atoms with Crippen molar-refractivity contribution in [2.24, 2.45) is 0 Å². The van der Waals surface area contributed by atoms with E-state index in [9.17, 15) is 14.0 Å². The van der Waals surface area contributed by atoms with Crippen molar-refractivity contribution in [2.75, 3.05) is 31.1 Å². The van der Waals surface area contributed by atoms with Gasteiger partial charge in [-0.15, -0.1) is 12.4 Å². The van der Waals surface area contributed by atoms with Crippen LogP contribution in [0.3, 0.4) is 0 Å². The molecule has 1 N–H and O–H groups in total. The topological polar surface area (TPSA) is 52.7 Å². The zero-order valence-corrected chi connectivity index (χ0v) is 17.0. The van der Waals surface area contributed by atoms with Gasteiger partial charge in [-0.3, -0.25) is 9.59 Å². The maximum atomic E-state index is 13.7. The SMILES string of the molecule is Cl.O=C1CCCc2ccccc2N1CC(=O)N1CCNCC1c1cccc(F)c1. The zero-order valence-electron chi connectivity index (χ0n) is 16.1. The average Bonchev–Trinajstić information content (AvgIpc) is 2.87. The molecule has 154 valence electrons. The molecule has 1 unspecified atom stereocenters. The number of amides is 2. The van der Waals surface area contributed by atoms with Gasteiger partial charge in [-0.25, -0.2) is 4.39 Å². The van der Waals surface area contributed by atoms with Crippen molar-refractivity contribution in [1.29, 1.82) is 0 Å². The lowest BCUT2D eigenvalue weighted by Crippen LogP contribution is -2.52. The number of anilines is 1. The molecule has 0 bridgehead atoms. The Labute approximate surface area is 176 Å². The lowest BCUT2D eigenvalue weighted by atomic mass is 10.0. The Balaban J connectivity index is 0.00000240. The van der Waals surface area contributed by atoms with Gasteiger partial charge in [-0.05, 0) is 42.2 Å². The molecule has 2 amide bonds. The number of hydrogen-bond donors (Lipinski definition) is 1. The molecule has 0 spiro atoms. The summed E-state index contributed by atoms with van der Waals surface area (Å²) in [6, 6.07) is 13.9. The minimum Gasteiger partial charge on any atom is -0.332 e. The molecule has 2 aliphatic rings. The maximum absolute atomic E-state index is 13.7. The summed E-state index contributed by atoms with van der Waals surface area (Å²) in [5, 5.41) is 3.28. The molecular weight excluding hydrogens is 393 g/mol. The number of aryl methyl sites for hydroxylation is 1. The zero-order chi connectivity index (χ0) is 19.5. The number of rotatable bonds is 3. The van der Waals surface area contributed by atoms with Gasteiger partial charge < -0.3 is 15.1 Å². The van der Waals surface area contributed by atoms with Crippen LogP contribution in [0.2, 0.25) is 0 Å². The highest BCUT2D eigenvalue weighted by Gasteiger charge is 2.31. The molecule has 1 atom stereocenters. The highest BCUT2D eigenvalue weighted by molar-refractivity contribution is 6.00. The van der Waals surface area contributed by atoms with Gasteiger partial charge in [0.15, 0.2) is 0 Å². The first-order valence-corrected chi connectivity index (χ1v) is 9.77. The fourth-order valence-corrected chi connectivity index (χ4v) is 4.10. The smallest absolute Gasteiger partial charge is 0.243 e. The van der Waals surface area contributed by atoms with Crippen molar-refractivity contribution in [2.45, 2.75) is 25.3 Å². The summed E-state index contributed by atoms with van der Waals surface area (Å²) in [4.78, 5) is 29.3. The number of hydrogen-bond acceptors (Lipinski definition) is 3. The highest BCUT2D eigenvalue weighted by Crippen LogP contribution is 2.28. The van der Waals surface area contributed by atoms with Gasteiger partial charge in [0.25, 0.3) is 0 Å². The van der Waals surface area contributed by atoms with Gasteiger partial charge in [-0.1, -0.05) is 30.3 Å². The molecule has 4 rings (SSSR count). The Hall–Kier alpha value is -2.44. The second-order valence-corrected chi connectivity index (χ2v) is 7.32. The Kier molecular flexibility index (Phi) is 6.87. The van der Waals surface area contributed by atoms with E-state index in [0.717, 1.165) is 29.7 Å². The van der Waals surface area contributed by atoms with E-state index < -0.39 is 0 Å². The molecule has 0 saturated carbocycles. The van der Waals surface area contributed by atoms with Crippen molar-refractivity contribution >= 4 is 29.9 Å². The molecule has 29 heavy (non-hydrogen) atoms. The summed E-state index contributed by atoms with van der Waals surface area (Å²) in [7, 11) is 0. The second-order valence-electron chi connectivity index (χ2n) is 7.32. The fraction of sp³-hybridized carbons (Fsp3) is 0.364. The molecule has 1 fully saturated rings. The molecule has 2 aliphatic heterocycles. The van der Waals surface area contributed by atoms with E-state index in [4.69, 9.17) is 0 Å². The molecule has 2 heterocycles. The molecular formula is C22H25ClFN3O2. The molecule has 2 aromatic rings. The minimum absolute atomic E-state index is 0. The highest BCUT2D eigenvalue weighted by atomic mass is 35.5. The Morgan fingerprint density at radius 2 is 1.97 bits per heavy atom. The third kappa shape index (κ3) is 4.60. The van der Waals surface area contributed by atoms with Crippen molar-refractivity contribution in [3.8, 4) is 0 Å². The predicted molar refractivity (Wildman–Crippen MR) is 113 cm³/mol. The van der Waals surface area contributed by atoms with E-state index >= 15 is 0 Å². The monoisotopic (exact) mass is 417 g/mol. The van der Waals surface area contributed by atoms with Crippen LogP contribution in [-0.4, -0.2) is 42.9 Å². The summed E-state index contributed by atoms with van der Waals surface area (Å²) < 4.78 is 13.7. The van der Waals surface area contributed by atoms with Crippen LogP contribution in [0.4, 0.5) is 10.1 Å². The van der Waals surface area contributed by atoms with Crippen molar-refractivity contribution in [3.63, 3.8) is 0 Å². The molecule has 2 aromatic carbocycles. The summed E-state index contributed by atoms with van der Waals surface area (Å²) in [6.45, 7) is 1.80. The van der Waals surface area contributed by atoms with Crippen LogP contribution < -0.4 is 10.2 Å². The second kappa shape index (κ2) is 9.37. The van der Waals surface area contributed by atoms with Gasteiger partial charge in [0, 0.05) is 31.7 Å². The van der Waals surface area contributed by atoms with Crippen LogP contribution in [0, 0.1) is 5.82 Å². The number of halogens is 2. The number of nitrogens with zero attached hydrogens (tertiary/aromatic N) is 2. The predicted octanol–water partition coefficient (Wildman–Crippen LogP) is 3.09. The first kappa shape index (κ1) is 21.3. The van der Waals surface area contributed by atoms with Gasteiger partial charge in [-0.2, -0.15) is 0 Å². The van der Waals surface area contributed by atoms with Crippen LogP contribution in [0.1, 0.15) is 30.0 Å². The number of benzene rings is 2. The summed E-state index contributed by atoms with van der Waals surface area (Å²) >= 11 is 0. The lowest BCUT2D eigenvalue weighted by Gasteiger charge is -2.38. The third-order valence-corrected chi connectivity index (χ3v) is 5.51. The summed E-state index contributed by atoms with van der Waals surface area (Å²) in [5.41, 5.74) is 2.70.